The standard InChI is InChI=1S/C22H25N3O2/c1-3-5-16-24(17-11-7-6-8-12-17)22(27)20-18-13-9-10-14-19(18)21(26)25(23-20)15-4-2/h6-14H,3-5,15-16H2,1-2H3. The Bertz CT molecular complexity index is 980. The van der Waals surface area contributed by atoms with E-state index < -0.39 is 0 Å². The second kappa shape index (κ2) is 8.62. The average Bonchev–Trinajstić information content (AvgIpc) is 2.71. The van der Waals surface area contributed by atoms with Gasteiger partial charge in [0.25, 0.3) is 11.5 Å². The molecule has 0 atom stereocenters. The van der Waals surface area contributed by atoms with Crippen molar-refractivity contribution in [2.24, 2.45) is 0 Å². The summed E-state index contributed by atoms with van der Waals surface area (Å²) in [7, 11) is 0. The molecule has 3 aromatic rings. The zero-order valence-electron chi connectivity index (χ0n) is 15.9. The van der Waals surface area contributed by atoms with Gasteiger partial charge in [-0.15, -0.1) is 0 Å². The van der Waals surface area contributed by atoms with E-state index in [-0.39, 0.29) is 11.5 Å². The molecule has 0 saturated carbocycles. The van der Waals surface area contributed by atoms with Crippen LogP contribution in [0.3, 0.4) is 0 Å². The van der Waals surface area contributed by atoms with E-state index in [0.29, 0.717) is 29.6 Å². The van der Waals surface area contributed by atoms with Crippen molar-refractivity contribution in [2.45, 2.75) is 39.7 Å². The smallest absolute Gasteiger partial charge is 0.279 e. The second-order valence-electron chi connectivity index (χ2n) is 6.57. The molecule has 0 fully saturated rings. The summed E-state index contributed by atoms with van der Waals surface area (Å²) in [5.74, 6) is -0.171. The number of para-hydroxylation sites is 1. The third-order valence-electron chi connectivity index (χ3n) is 4.55. The van der Waals surface area contributed by atoms with Crippen LogP contribution in [-0.2, 0) is 6.54 Å². The maximum Gasteiger partial charge on any atom is 0.279 e. The molecule has 1 aromatic heterocycles. The van der Waals surface area contributed by atoms with Crippen molar-refractivity contribution in [2.75, 3.05) is 11.4 Å². The fourth-order valence-corrected chi connectivity index (χ4v) is 3.16. The fraction of sp³-hybridized carbons (Fsp3) is 0.318. The van der Waals surface area contributed by atoms with Gasteiger partial charge in [-0.2, -0.15) is 5.10 Å². The molecule has 5 nitrogen and oxygen atoms in total. The highest BCUT2D eigenvalue weighted by Crippen LogP contribution is 2.21. The minimum atomic E-state index is -0.171. The van der Waals surface area contributed by atoms with Crippen molar-refractivity contribution in [1.29, 1.82) is 0 Å². The minimum absolute atomic E-state index is 0.149. The molecule has 3 rings (SSSR count). The number of nitrogens with zero attached hydrogens (tertiary/aromatic N) is 3. The van der Waals surface area contributed by atoms with E-state index in [9.17, 15) is 9.59 Å². The number of rotatable bonds is 7. The Morgan fingerprint density at radius 1 is 0.963 bits per heavy atom. The molecule has 1 heterocycles. The van der Waals surface area contributed by atoms with Gasteiger partial charge in [0.15, 0.2) is 5.69 Å². The first-order valence-corrected chi connectivity index (χ1v) is 9.54. The number of hydrogen-bond acceptors (Lipinski definition) is 3. The molecular weight excluding hydrogens is 338 g/mol. The van der Waals surface area contributed by atoms with E-state index in [2.05, 4.69) is 12.0 Å². The Morgan fingerprint density at radius 2 is 1.63 bits per heavy atom. The lowest BCUT2D eigenvalue weighted by Crippen LogP contribution is -2.35. The number of fused-ring (bicyclic) bond motifs is 1. The topological polar surface area (TPSA) is 55.2 Å². The highest BCUT2D eigenvalue weighted by Gasteiger charge is 2.23. The summed E-state index contributed by atoms with van der Waals surface area (Å²) >= 11 is 0. The Morgan fingerprint density at radius 3 is 2.30 bits per heavy atom. The van der Waals surface area contributed by atoms with Gasteiger partial charge in [0.2, 0.25) is 0 Å². The van der Waals surface area contributed by atoms with Crippen LogP contribution >= 0.6 is 0 Å². The first-order valence-electron chi connectivity index (χ1n) is 9.54. The Hall–Kier alpha value is -2.95. The van der Waals surface area contributed by atoms with Crippen LogP contribution in [0.4, 0.5) is 5.69 Å². The summed E-state index contributed by atoms with van der Waals surface area (Å²) in [6.45, 7) is 5.19. The van der Waals surface area contributed by atoms with Crippen LogP contribution in [0.1, 0.15) is 43.6 Å². The molecular formula is C22H25N3O2. The first kappa shape index (κ1) is 18.8. The second-order valence-corrected chi connectivity index (χ2v) is 6.57. The predicted molar refractivity (Wildman–Crippen MR) is 109 cm³/mol. The first-order chi connectivity index (χ1) is 13.2. The zero-order chi connectivity index (χ0) is 19.2. The molecule has 0 saturated heterocycles. The number of hydrogen-bond donors (Lipinski definition) is 0. The monoisotopic (exact) mass is 363 g/mol. The molecule has 1 amide bonds. The molecule has 0 aliphatic heterocycles. The molecule has 0 radical (unpaired) electrons. The van der Waals surface area contributed by atoms with Crippen LogP contribution in [0.5, 0.6) is 0 Å². The summed E-state index contributed by atoms with van der Waals surface area (Å²) < 4.78 is 1.42. The number of carbonyl (C=O) groups is 1. The SMILES string of the molecule is CCCCN(C(=O)c1nn(CCC)c(=O)c2ccccc12)c1ccccc1. The van der Waals surface area contributed by atoms with E-state index >= 15 is 0 Å². The van der Waals surface area contributed by atoms with Gasteiger partial charge in [-0.25, -0.2) is 4.68 Å². The largest absolute Gasteiger partial charge is 0.307 e. The van der Waals surface area contributed by atoms with Crippen LogP contribution in [0, 0.1) is 0 Å². The van der Waals surface area contributed by atoms with Gasteiger partial charge in [-0.3, -0.25) is 9.59 Å². The van der Waals surface area contributed by atoms with Gasteiger partial charge in [-0.1, -0.05) is 56.7 Å². The molecule has 0 bridgehead atoms. The van der Waals surface area contributed by atoms with Gasteiger partial charge < -0.3 is 4.90 Å². The number of aryl methyl sites for hydroxylation is 1. The Labute approximate surface area is 159 Å². The molecule has 5 heteroatoms. The summed E-state index contributed by atoms with van der Waals surface area (Å²) in [4.78, 5) is 27.9. The van der Waals surface area contributed by atoms with Crippen molar-refractivity contribution < 1.29 is 4.79 Å². The summed E-state index contributed by atoms with van der Waals surface area (Å²) in [6.07, 6.45) is 2.66. The average molecular weight is 363 g/mol. The van der Waals surface area contributed by atoms with Crippen molar-refractivity contribution in [1.82, 2.24) is 9.78 Å². The van der Waals surface area contributed by atoms with Crippen LogP contribution in [-0.4, -0.2) is 22.2 Å². The van der Waals surface area contributed by atoms with E-state index in [4.69, 9.17) is 0 Å². The van der Waals surface area contributed by atoms with Gasteiger partial charge in [0.1, 0.15) is 0 Å². The van der Waals surface area contributed by atoms with Crippen molar-refractivity contribution in [3.05, 3.63) is 70.6 Å². The van der Waals surface area contributed by atoms with Gasteiger partial charge in [0, 0.05) is 24.2 Å². The number of carbonyl (C=O) groups excluding carboxylic acids is 1. The number of unbranched alkanes of at least 4 members (excludes halogenated alkanes) is 1. The number of aromatic nitrogens is 2. The summed E-state index contributed by atoms with van der Waals surface area (Å²) in [6, 6.07) is 16.9. The molecule has 140 valence electrons. The van der Waals surface area contributed by atoms with E-state index in [0.717, 1.165) is 24.9 Å². The number of anilines is 1. The Balaban J connectivity index is 2.15. The molecule has 0 N–H and O–H groups in total. The van der Waals surface area contributed by atoms with Gasteiger partial charge >= 0.3 is 0 Å². The van der Waals surface area contributed by atoms with Crippen LogP contribution in [0.25, 0.3) is 10.8 Å². The summed E-state index contributed by atoms with van der Waals surface area (Å²) in [5.41, 5.74) is 1.03. The molecule has 0 aliphatic rings. The molecule has 0 spiro atoms. The fourth-order valence-electron chi connectivity index (χ4n) is 3.16. The quantitative estimate of drug-likeness (QED) is 0.630. The zero-order valence-corrected chi connectivity index (χ0v) is 15.9. The Kier molecular flexibility index (Phi) is 6.01. The molecule has 0 aliphatic carbocycles. The van der Waals surface area contributed by atoms with E-state index in [1.54, 1.807) is 17.0 Å². The third-order valence-corrected chi connectivity index (χ3v) is 4.55. The lowest BCUT2D eigenvalue weighted by Gasteiger charge is -2.23. The van der Waals surface area contributed by atoms with Crippen LogP contribution in [0.2, 0.25) is 0 Å². The van der Waals surface area contributed by atoms with Crippen LogP contribution < -0.4 is 10.5 Å². The van der Waals surface area contributed by atoms with E-state index in [1.165, 1.54) is 4.68 Å². The summed E-state index contributed by atoms with van der Waals surface area (Å²) in [5, 5.41) is 5.60. The highest BCUT2D eigenvalue weighted by atomic mass is 16.2. The maximum atomic E-state index is 13.5. The lowest BCUT2D eigenvalue weighted by molar-refractivity contribution is 0.0981. The molecule has 27 heavy (non-hydrogen) atoms. The predicted octanol–water partition coefficient (Wildman–Crippen LogP) is 4.25. The third kappa shape index (κ3) is 3.92. The molecule has 0 unspecified atom stereocenters. The highest BCUT2D eigenvalue weighted by molar-refractivity contribution is 6.12. The van der Waals surface area contributed by atoms with Crippen LogP contribution in [0.15, 0.2) is 59.4 Å². The van der Waals surface area contributed by atoms with E-state index in [1.807, 2.05) is 49.4 Å². The van der Waals surface area contributed by atoms with Gasteiger partial charge in [0.05, 0.1) is 5.39 Å². The molecule has 2 aromatic carbocycles. The van der Waals surface area contributed by atoms with Crippen molar-refractivity contribution >= 4 is 22.4 Å². The minimum Gasteiger partial charge on any atom is -0.307 e. The number of amides is 1. The number of benzene rings is 2. The maximum absolute atomic E-state index is 13.5. The van der Waals surface area contributed by atoms with Crippen molar-refractivity contribution in [3.8, 4) is 0 Å². The van der Waals surface area contributed by atoms with Crippen molar-refractivity contribution in [3.63, 3.8) is 0 Å². The normalized spacial score (nSPS) is 10.9. The lowest BCUT2D eigenvalue weighted by atomic mass is 10.1. The van der Waals surface area contributed by atoms with Gasteiger partial charge in [-0.05, 0) is 31.0 Å².